The quantitative estimate of drug-likeness (QED) is 0.365. The van der Waals surface area contributed by atoms with Crippen molar-refractivity contribution in [2.45, 2.75) is 19.5 Å². The molecule has 0 unspecified atom stereocenters. The van der Waals surface area contributed by atoms with E-state index in [-0.39, 0.29) is 12.4 Å². The average Bonchev–Trinajstić information content (AvgIpc) is 3.22. The number of benzene rings is 2. The van der Waals surface area contributed by atoms with Gasteiger partial charge in [0, 0.05) is 29.8 Å². The molecule has 4 rings (SSSR count). The Balaban J connectivity index is 1.77. The minimum atomic E-state index is -4.31. The number of rotatable bonds is 8. The minimum Gasteiger partial charge on any atom is -0.497 e. The van der Waals surface area contributed by atoms with E-state index in [1.807, 2.05) is 0 Å². The van der Waals surface area contributed by atoms with E-state index in [1.54, 1.807) is 55.6 Å². The maximum Gasteiger partial charge on any atom is 0.390 e. The number of nitrogens with zero attached hydrogens (tertiary/aromatic N) is 3. The number of carbonyl (C=O) groups excluding carboxylic acids is 1. The van der Waals surface area contributed by atoms with Gasteiger partial charge in [0.2, 0.25) is 11.8 Å². The van der Waals surface area contributed by atoms with Crippen LogP contribution in [0.1, 0.15) is 22.3 Å². The number of alkyl halides is 3. The van der Waals surface area contributed by atoms with Crippen molar-refractivity contribution in [1.82, 2.24) is 14.6 Å². The normalized spacial score (nSPS) is 11.5. The van der Waals surface area contributed by atoms with Gasteiger partial charge in [-0.25, -0.2) is 9.50 Å². The van der Waals surface area contributed by atoms with Crippen molar-refractivity contribution in [3.63, 3.8) is 0 Å². The summed E-state index contributed by atoms with van der Waals surface area (Å²) in [5.74, 6) is 0.585. The van der Waals surface area contributed by atoms with Crippen LogP contribution in [0.5, 0.6) is 17.4 Å². The number of nitrogens with two attached hydrogens (primary N) is 1. The highest BCUT2D eigenvalue weighted by atomic mass is 19.4. The molecule has 3 N–H and O–H groups in total. The predicted molar refractivity (Wildman–Crippen MR) is 124 cm³/mol. The number of halogens is 3. The highest BCUT2D eigenvalue weighted by Crippen LogP contribution is 2.31. The molecule has 0 radical (unpaired) electrons. The molecule has 0 aliphatic heterocycles. The molecule has 2 heterocycles. The Morgan fingerprint density at radius 2 is 1.91 bits per heavy atom. The van der Waals surface area contributed by atoms with Crippen molar-refractivity contribution in [3.05, 3.63) is 65.9 Å². The lowest BCUT2D eigenvalue weighted by atomic mass is 10.0. The second-order valence-corrected chi connectivity index (χ2v) is 7.74. The minimum absolute atomic E-state index is 0.130. The Kier molecular flexibility index (Phi) is 6.50. The summed E-state index contributed by atoms with van der Waals surface area (Å²) in [6.45, 7) is 1.40. The third-order valence-corrected chi connectivity index (χ3v) is 5.22. The molecule has 0 saturated heterocycles. The molecule has 1 amide bonds. The first-order valence-electron chi connectivity index (χ1n) is 10.6. The number of hydrogen-bond donors (Lipinski definition) is 2. The molecule has 2 aromatic carbocycles. The van der Waals surface area contributed by atoms with Gasteiger partial charge >= 0.3 is 6.18 Å². The molecule has 35 heavy (non-hydrogen) atoms. The van der Waals surface area contributed by atoms with Crippen LogP contribution in [0, 0.1) is 6.92 Å². The zero-order valence-corrected chi connectivity index (χ0v) is 18.9. The van der Waals surface area contributed by atoms with Crippen LogP contribution in [0.25, 0.3) is 16.9 Å². The standard InChI is InChI=1S/C24H22F3N5O3/c1-14-10-15(6-7-18(14)22(28)33)20-13-30-23-19(29-9-8-24(25,26)27)12-21(31-32(20)23)35-17-5-3-4-16(11-17)34-2/h3-7,10-13,29H,8-9H2,1-2H3,(H2,28,33). The number of anilines is 1. The number of methoxy groups -OCH3 is 1. The fourth-order valence-corrected chi connectivity index (χ4v) is 3.55. The molecule has 8 nitrogen and oxygen atoms in total. The van der Waals surface area contributed by atoms with Crippen LogP contribution in [-0.2, 0) is 0 Å². The van der Waals surface area contributed by atoms with E-state index >= 15 is 0 Å². The molecule has 182 valence electrons. The summed E-state index contributed by atoms with van der Waals surface area (Å²) < 4.78 is 50.7. The lowest BCUT2D eigenvalue weighted by Crippen LogP contribution is -2.15. The summed E-state index contributed by atoms with van der Waals surface area (Å²) in [6.07, 6.45) is -3.78. The number of fused-ring (bicyclic) bond motifs is 1. The molecule has 2 aromatic heterocycles. The fraction of sp³-hybridized carbons (Fsp3) is 0.208. The van der Waals surface area contributed by atoms with Crippen LogP contribution in [0.3, 0.4) is 0 Å². The topological polar surface area (TPSA) is 104 Å². The molecule has 0 aliphatic carbocycles. The molecule has 0 spiro atoms. The third-order valence-electron chi connectivity index (χ3n) is 5.22. The van der Waals surface area contributed by atoms with Gasteiger partial charge in [0.15, 0.2) is 5.65 Å². The number of amides is 1. The van der Waals surface area contributed by atoms with E-state index in [1.165, 1.54) is 17.7 Å². The highest BCUT2D eigenvalue weighted by Gasteiger charge is 2.26. The molecular weight excluding hydrogens is 463 g/mol. The number of aromatic nitrogens is 3. The van der Waals surface area contributed by atoms with E-state index in [2.05, 4.69) is 15.4 Å². The monoisotopic (exact) mass is 485 g/mol. The maximum absolute atomic E-state index is 12.7. The summed E-state index contributed by atoms with van der Waals surface area (Å²) in [4.78, 5) is 16.0. The number of carbonyl (C=O) groups is 1. The summed E-state index contributed by atoms with van der Waals surface area (Å²) in [5, 5.41) is 7.29. The molecule has 4 aromatic rings. The Morgan fingerprint density at radius 3 is 2.60 bits per heavy atom. The number of hydrogen-bond acceptors (Lipinski definition) is 6. The number of nitrogens with one attached hydrogen (secondary N) is 1. The van der Waals surface area contributed by atoms with Crippen molar-refractivity contribution < 1.29 is 27.4 Å². The summed E-state index contributed by atoms with van der Waals surface area (Å²) >= 11 is 0. The van der Waals surface area contributed by atoms with Gasteiger partial charge < -0.3 is 20.5 Å². The zero-order chi connectivity index (χ0) is 25.2. The Labute approximate surface area is 198 Å². The van der Waals surface area contributed by atoms with Gasteiger partial charge in [0.25, 0.3) is 0 Å². The largest absolute Gasteiger partial charge is 0.497 e. The van der Waals surface area contributed by atoms with Gasteiger partial charge in [0.1, 0.15) is 11.5 Å². The number of imidazole rings is 1. The zero-order valence-electron chi connectivity index (χ0n) is 18.9. The summed E-state index contributed by atoms with van der Waals surface area (Å²) in [7, 11) is 1.52. The van der Waals surface area contributed by atoms with E-state index in [9.17, 15) is 18.0 Å². The molecule has 0 saturated carbocycles. The fourth-order valence-electron chi connectivity index (χ4n) is 3.55. The average molecular weight is 485 g/mol. The predicted octanol–water partition coefficient (Wildman–Crippen LogP) is 4.97. The van der Waals surface area contributed by atoms with E-state index in [0.29, 0.717) is 45.2 Å². The van der Waals surface area contributed by atoms with Gasteiger partial charge in [-0.15, -0.1) is 5.10 Å². The van der Waals surface area contributed by atoms with Gasteiger partial charge in [-0.05, 0) is 36.8 Å². The van der Waals surface area contributed by atoms with Crippen molar-refractivity contribution in [1.29, 1.82) is 0 Å². The molecule has 0 bridgehead atoms. The maximum atomic E-state index is 12.7. The highest BCUT2D eigenvalue weighted by molar-refractivity contribution is 5.94. The van der Waals surface area contributed by atoms with Gasteiger partial charge in [-0.2, -0.15) is 13.2 Å². The third kappa shape index (κ3) is 5.45. The Bertz CT molecular complexity index is 1380. The first-order chi connectivity index (χ1) is 16.6. The van der Waals surface area contributed by atoms with Crippen molar-refractivity contribution in [2.75, 3.05) is 19.0 Å². The smallest absolute Gasteiger partial charge is 0.390 e. The molecule has 0 fully saturated rings. The molecule has 0 aliphatic rings. The van der Waals surface area contributed by atoms with Gasteiger partial charge in [-0.1, -0.05) is 12.1 Å². The van der Waals surface area contributed by atoms with E-state index in [0.717, 1.165) is 0 Å². The van der Waals surface area contributed by atoms with Crippen LogP contribution in [-0.4, -0.2) is 40.3 Å². The van der Waals surface area contributed by atoms with Gasteiger partial charge in [-0.3, -0.25) is 4.79 Å². The number of aryl methyl sites for hydroxylation is 1. The van der Waals surface area contributed by atoms with Crippen molar-refractivity contribution in [3.8, 4) is 28.6 Å². The van der Waals surface area contributed by atoms with Crippen molar-refractivity contribution in [2.24, 2.45) is 5.73 Å². The van der Waals surface area contributed by atoms with Crippen LogP contribution in [0.2, 0.25) is 0 Å². The van der Waals surface area contributed by atoms with Gasteiger partial charge in [0.05, 0.1) is 31.1 Å². The second kappa shape index (κ2) is 9.53. The van der Waals surface area contributed by atoms with Crippen LogP contribution >= 0.6 is 0 Å². The Morgan fingerprint density at radius 1 is 1.14 bits per heavy atom. The lowest BCUT2D eigenvalue weighted by molar-refractivity contribution is -0.131. The first-order valence-corrected chi connectivity index (χ1v) is 10.6. The van der Waals surface area contributed by atoms with E-state index in [4.69, 9.17) is 15.2 Å². The molecule has 0 atom stereocenters. The molecular formula is C24H22F3N5O3. The van der Waals surface area contributed by atoms with E-state index < -0.39 is 18.5 Å². The van der Waals surface area contributed by atoms with Crippen LogP contribution in [0.4, 0.5) is 18.9 Å². The summed E-state index contributed by atoms with van der Waals surface area (Å²) in [5.41, 5.74) is 8.32. The summed E-state index contributed by atoms with van der Waals surface area (Å²) in [6, 6.07) is 13.4. The van der Waals surface area contributed by atoms with Crippen LogP contribution in [0.15, 0.2) is 54.7 Å². The first kappa shape index (κ1) is 23.9. The Hall–Kier alpha value is -4.28. The SMILES string of the molecule is COc1cccc(Oc2cc(NCCC(F)(F)F)c3ncc(-c4ccc(C(N)=O)c(C)c4)n3n2)c1. The molecule has 11 heteroatoms. The lowest BCUT2D eigenvalue weighted by Gasteiger charge is -2.13. The van der Waals surface area contributed by atoms with Crippen molar-refractivity contribution >= 4 is 17.2 Å². The number of ether oxygens (including phenoxy) is 2. The second-order valence-electron chi connectivity index (χ2n) is 7.74. The number of primary amides is 1. The van der Waals surface area contributed by atoms with Crippen LogP contribution < -0.4 is 20.5 Å².